The average Bonchev–Trinajstić information content (AvgIpc) is 3.16. The number of halogens is 3. The highest BCUT2D eigenvalue weighted by atomic mass is 35.5. The van der Waals surface area contributed by atoms with Crippen molar-refractivity contribution in [2.24, 2.45) is 0 Å². The highest BCUT2D eigenvalue weighted by molar-refractivity contribution is 7.13. The first-order valence-corrected chi connectivity index (χ1v) is 8.21. The Hall–Kier alpha value is -0.850. The van der Waals surface area contributed by atoms with Crippen LogP contribution in [0.4, 0.5) is 0 Å². The third-order valence-electron chi connectivity index (χ3n) is 3.48. The number of nitrogens with zero attached hydrogens (tertiary/aromatic N) is 1. The molecule has 8 heteroatoms. The molecule has 2 heterocycles. The van der Waals surface area contributed by atoms with Gasteiger partial charge in [-0.3, -0.25) is 4.79 Å². The summed E-state index contributed by atoms with van der Waals surface area (Å²) < 4.78 is 0. The number of hydrogen-bond acceptors (Lipinski definition) is 4. The van der Waals surface area contributed by atoms with E-state index in [0.717, 1.165) is 23.5 Å². The smallest absolute Gasteiger partial charge is 0.270 e. The van der Waals surface area contributed by atoms with Crippen LogP contribution in [-0.4, -0.2) is 30.0 Å². The molecule has 126 valence electrons. The predicted octanol–water partition coefficient (Wildman–Crippen LogP) is 3.79. The molecular weight excluding hydrogens is 377 g/mol. The van der Waals surface area contributed by atoms with Gasteiger partial charge in [0.15, 0.2) is 0 Å². The maximum atomic E-state index is 12.1. The van der Waals surface area contributed by atoms with Gasteiger partial charge < -0.3 is 10.6 Å². The van der Waals surface area contributed by atoms with E-state index >= 15 is 0 Å². The Bertz CT molecular complexity index is 644. The van der Waals surface area contributed by atoms with Gasteiger partial charge in [-0.1, -0.05) is 23.7 Å². The van der Waals surface area contributed by atoms with Crippen LogP contribution in [-0.2, 0) is 0 Å². The van der Waals surface area contributed by atoms with E-state index in [1.54, 1.807) is 5.38 Å². The molecule has 1 amide bonds. The van der Waals surface area contributed by atoms with Crippen molar-refractivity contribution in [2.75, 3.05) is 13.1 Å². The van der Waals surface area contributed by atoms with E-state index in [-0.39, 0.29) is 30.7 Å². The first-order chi connectivity index (χ1) is 10.2. The SMILES string of the molecule is Cl.Cl.O=C(NCC1CCCN1)c1csc(-c2cccc(Cl)c2)n1. The first-order valence-electron chi connectivity index (χ1n) is 6.95. The average molecular weight is 395 g/mol. The zero-order chi connectivity index (χ0) is 14.7. The molecule has 2 aromatic rings. The van der Waals surface area contributed by atoms with E-state index in [9.17, 15) is 4.79 Å². The highest BCUT2D eigenvalue weighted by Gasteiger charge is 2.17. The van der Waals surface area contributed by atoms with Gasteiger partial charge in [0.05, 0.1) is 0 Å². The van der Waals surface area contributed by atoms with Crippen LogP contribution < -0.4 is 10.6 Å². The van der Waals surface area contributed by atoms with Crippen molar-refractivity contribution in [3.63, 3.8) is 0 Å². The number of carbonyl (C=O) groups excluding carboxylic acids is 1. The third kappa shape index (κ3) is 5.33. The minimum Gasteiger partial charge on any atom is -0.349 e. The molecule has 1 aliphatic rings. The van der Waals surface area contributed by atoms with Crippen LogP contribution >= 0.6 is 47.8 Å². The van der Waals surface area contributed by atoms with Crippen LogP contribution in [0.5, 0.6) is 0 Å². The van der Waals surface area contributed by atoms with E-state index in [2.05, 4.69) is 15.6 Å². The lowest BCUT2D eigenvalue weighted by Crippen LogP contribution is -2.37. The Morgan fingerprint density at radius 1 is 1.43 bits per heavy atom. The minimum atomic E-state index is -0.117. The second-order valence-corrected chi connectivity index (χ2v) is 6.35. The maximum Gasteiger partial charge on any atom is 0.270 e. The van der Waals surface area contributed by atoms with Crippen molar-refractivity contribution in [1.82, 2.24) is 15.6 Å². The molecule has 1 aliphatic heterocycles. The fourth-order valence-corrected chi connectivity index (χ4v) is 3.36. The molecule has 1 unspecified atom stereocenters. The summed E-state index contributed by atoms with van der Waals surface area (Å²) in [7, 11) is 0. The molecule has 0 radical (unpaired) electrons. The van der Waals surface area contributed by atoms with Crippen molar-refractivity contribution < 1.29 is 4.79 Å². The Balaban J connectivity index is 0.00000132. The molecule has 2 N–H and O–H groups in total. The van der Waals surface area contributed by atoms with E-state index < -0.39 is 0 Å². The highest BCUT2D eigenvalue weighted by Crippen LogP contribution is 2.25. The molecule has 0 bridgehead atoms. The Morgan fingerprint density at radius 2 is 2.26 bits per heavy atom. The maximum absolute atomic E-state index is 12.1. The largest absolute Gasteiger partial charge is 0.349 e. The summed E-state index contributed by atoms with van der Waals surface area (Å²) in [5.41, 5.74) is 1.40. The third-order valence-corrected chi connectivity index (χ3v) is 4.61. The zero-order valence-corrected chi connectivity index (χ0v) is 15.5. The molecule has 1 fully saturated rings. The summed E-state index contributed by atoms with van der Waals surface area (Å²) in [6.07, 6.45) is 2.29. The molecule has 1 atom stereocenters. The number of nitrogens with one attached hydrogen (secondary N) is 2. The van der Waals surface area contributed by atoms with Crippen molar-refractivity contribution >= 4 is 53.7 Å². The molecule has 23 heavy (non-hydrogen) atoms. The van der Waals surface area contributed by atoms with Gasteiger partial charge in [-0.05, 0) is 31.5 Å². The van der Waals surface area contributed by atoms with Crippen LogP contribution in [0.1, 0.15) is 23.3 Å². The molecule has 0 saturated carbocycles. The minimum absolute atomic E-state index is 0. The Morgan fingerprint density at radius 3 is 2.96 bits per heavy atom. The van der Waals surface area contributed by atoms with Crippen LogP contribution in [0.15, 0.2) is 29.6 Å². The van der Waals surface area contributed by atoms with Crippen molar-refractivity contribution in [1.29, 1.82) is 0 Å². The summed E-state index contributed by atoms with van der Waals surface area (Å²) in [5.74, 6) is -0.117. The van der Waals surface area contributed by atoms with Gasteiger partial charge in [0.25, 0.3) is 5.91 Å². The zero-order valence-electron chi connectivity index (χ0n) is 12.3. The second kappa shape index (κ2) is 9.45. The topological polar surface area (TPSA) is 54.0 Å². The van der Waals surface area contributed by atoms with E-state index in [1.807, 2.05) is 24.3 Å². The van der Waals surface area contributed by atoms with Crippen LogP contribution in [0, 0.1) is 0 Å². The number of hydrogen-bond donors (Lipinski definition) is 2. The monoisotopic (exact) mass is 393 g/mol. The summed E-state index contributed by atoms with van der Waals surface area (Å²) >= 11 is 7.43. The number of carbonyl (C=O) groups is 1. The normalized spacial score (nSPS) is 16.3. The van der Waals surface area contributed by atoms with Gasteiger partial charge in [-0.15, -0.1) is 36.2 Å². The summed E-state index contributed by atoms with van der Waals surface area (Å²) in [5, 5.41) is 9.55. The first kappa shape index (κ1) is 20.2. The molecule has 1 aromatic heterocycles. The van der Waals surface area contributed by atoms with Gasteiger partial charge >= 0.3 is 0 Å². The molecule has 3 rings (SSSR count). The fourth-order valence-electron chi connectivity index (χ4n) is 2.37. The Labute approximate surface area is 156 Å². The fraction of sp³-hybridized carbons (Fsp3) is 0.333. The van der Waals surface area contributed by atoms with Gasteiger partial charge in [-0.25, -0.2) is 4.98 Å². The number of thiazole rings is 1. The summed E-state index contributed by atoms with van der Waals surface area (Å²) in [6.45, 7) is 1.69. The summed E-state index contributed by atoms with van der Waals surface area (Å²) in [6, 6.07) is 7.88. The Kier molecular flexibility index (Phi) is 8.29. The number of benzene rings is 1. The summed E-state index contributed by atoms with van der Waals surface area (Å²) in [4.78, 5) is 16.5. The molecule has 0 aliphatic carbocycles. The van der Waals surface area contributed by atoms with Gasteiger partial charge in [0.1, 0.15) is 10.7 Å². The molecule has 1 aromatic carbocycles. The van der Waals surface area contributed by atoms with Gasteiger partial charge in [0, 0.05) is 28.6 Å². The van der Waals surface area contributed by atoms with Gasteiger partial charge in [-0.2, -0.15) is 0 Å². The standard InChI is InChI=1S/C15H16ClN3OS.2ClH/c16-11-4-1-3-10(7-11)15-19-13(9-21-15)14(20)18-8-12-5-2-6-17-12;;/h1,3-4,7,9,12,17H,2,5-6,8H2,(H,18,20);2*1H. The van der Waals surface area contributed by atoms with Crippen molar-refractivity contribution in [3.8, 4) is 10.6 Å². The molecule has 1 saturated heterocycles. The van der Waals surface area contributed by atoms with E-state index in [1.165, 1.54) is 17.8 Å². The van der Waals surface area contributed by atoms with Crippen molar-refractivity contribution in [3.05, 3.63) is 40.4 Å². The van der Waals surface area contributed by atoms with Crippen LogP contribution in [0.25, 0.3) is 10.6 Å². The molecule has 0 spiro atoms. The van der Waals surface area contributed by atoms with E-state index in [4.69, 9.17) is 11.6 Å². The van der Waals surface area contributed by atoms with Crippen molar-refractivity contribution in [2.45, 2.75) is 18.9 Å². The quantitative estimate of drug-likeness (QED) is 0.829. The number of aromatic nitrogens is 1. The van der Waals surface area contributed by atoms with Crippen LogP contribution in [0.3, 0.4) is 0 Å². The lowest BCUT2D eigenvalue weighted by molar-refractivity contribution is 0.0946. The van der Waals surface area contributed by atoms with E-state index in [0.29, 0.717) is 23.3 Å². The molecule has 4 nitrogen and oxygen atoms in total. The molecular formula is C15H18Cl3N3OS. The van der Waals surface area contributed by atoms with Crippen LogP contribution in [0.2, 0.25) is 5.02 Å². The predicted molar refractivity (Wildman–Crippen MR) is 100 cm³/mol. The number of rotatable bonds is 4. The second-order valence-electron chi connectivity index (χ2n) is 5.05. The van der Waals surface area contributed by atoms with Gasteiger partial charge in [0.2, 0.25) is 0 Å². The lowest BCUT2D eigenvalue weighted by atomic mass is 10.2. The number of amides is 1. The lowest BCUT2D eigenvalue weighted by Gasteiger charge is -2.10.